The number of hydrogen-bond acceptors (Lipinski definition) is 8. The fourth-order valence-electron chi connectivity index (χ4n) is 5.53. The number of carbonyl (C=O) groups is 1. The molecule has 3 aromatic rings. The van der Waals surface area contributed by atoms with Crippen molar-refractivity contribution in [3.8, 4) is 0 Å². The minimum Gasteiger partial charge on any atom is -0.355 e. The molecule has 5 rings (SSSR count). The molecule has 3 heterocycles. The van der Waals surface area contributed by atoms with E-state index in [1.54, 1.807) is 31.1 Å². The molecule has 2 saturated heterocycles. The average molecular weight is 569 g/mol. The van der Waals surface area contributed by atoms with Crippen LogP contribution in [-0.4, -0.2) is 89.4 Å². The molecule has 1 unspecified atom stereocenters. The van der Waals surface area contributed by atoms with Gasteiger partial charge in [0.25, 0.3) is 10.0 Å². The molecule has 1 amide bonds. The molecule has 1 aromatic heterocycles. The number of likely N-dealkylation sites (tertiary alicyclic amines) is 1. The first-order valence-electron chi connectivity index (χ1n) is 13.1. The average Bonchev–Trinajstić information content (AvgIpc) is 3.50. The van der Waals surface area contributed by atoms with E-state index >= 15 is 0 Å². The summed E-state index contributed by atoms with van der Waals surface area (Å²) in [4.78, 5) is 17.4. The van der Waals surface area contributed by atoms with Crippen molar-refractivity contribution in [1.29, 1.82) is 5.41 Å². The molecule has 0 bridgehead atoms. The van der Waals surface area contributed by atoms with E-state index in [1.165, 1.54) is 33.6 Å². The van der Waals surface area contributed by atoms with Crippen molar-refractivity contribution in [2.75, 3.05) is 45.1 Å². The quantitative estimate of drug-likeness (QED) is 0.400. The summed E-state index contributed by atoms with van der Waals surface area (Å²) in [6, 6.07) is 9.53. The van der Waals surface area contributed by atoms with Gasteiger partial charge in [0.15, 0.2) is 0 Å². The molecule has 11 nitrogen and oxygen atoms in total. The van der Waals surface area contributed by atoms with Crippen molar-refractivity contribution in [3.63, 3.8) is 0 Å². The normalized spacial score (nSPS) is 20.7. The van der Waals surface area contributed by atoms with Crippen LogP contribution in [0.4, 0.5) is 15.8 Å². The second-order valence-electron chi connectivity index (χ2n) is 10.5. The molecule has 2 N–H and O–H groups in total. The van der Waals surface area contributed by atoms with Gasteiger partial charge < -0.3 is 15.6 Å². The zero-order chi connectivity index (χ0) is 28.6. The van der Waals surface area contributed by atoms with Crippen LogP contribution in [0.5, 0.6) is 0 Å². The molecule has 2 aliphatic rings. The number of rotatable bonds is 8. The number of amides is 1. The van der Waals surface area contributed by atoms with Gasteiger partial charge in [0, 0.05) is 82.4 Å². The summed E-state index contributed by atoms with van der Waals surface area (Å²) in [7, 11) is -0.492. The molecule has 0 radical (unpaired) electrons. The monoisotopic (exact) mass is 568 g/mol. The molecule has 0 aliphatic carbocycles. The maximum atomic E-state index is 13.5. The highest BCUT2D eigenvalue weighted by molar-refractivity contribution is 7.89. The Labute approximate surface area is 233 Å². The van der Waals surface area contributed by atoms with E-state index in [9.17, 15) is 17.6 Å². The van der Waals surface area contributed by atoms with E-state index in [1.807, 2.05) is 19.1 Å². The van der Waals surface area contributed by atoms with Crippen LogP contribution in [0.1, 0.15) is 29.2 Å². The Kier molecular flexibility index (Phi) is 7.71. The minimum atomic E-state index is -3.87. The molecule has 212 valence electrons. The number of nitrogens with one attached hydrogen (secondary N) is 2. The summed E-state index contributed by atoms with van der Waals surface area (Å²) in [5.41, 5.74) is 3.82. The van der Waals surface area contributed by atoms with Gasteiger partial charge in [-0.25, -0.2) is 12.8 Å². The summed E-state index contributed by atoms with van der Waals surface area (Å²) in [5, 5.41) is 19.2. The summed E-state index contributed by atoms with van der Waals surface area (Å²) < 4.78 is 41.8. The Bertz CT molecular complexity index is 1520. The van der Waals surface area contributed by atoms with Gasteiger partial charge in [0.2, 0.25) is 10.9 Å². The third-order valence-electron chi connectivity index (χ3n) is 7.63. The van der Waals surface area contributed by atoms with E-state index in [0.29, 0.717) is 43.0 Å². The predicted molar refractivity (Wildman–Crippen MR) is 149 cm³/mol. The van der Waals surface area contributed by atoms with Crippen LogP contribution in [0.3, 0.4) is 0 Å². The number of sulfonamides is 1. The molecule has 13 heteroatoms. The van der Waals surface area contributed by atoms with Crippen LogP contribution in [0, 0.1) is 24.1 Å². The minimum absolute atomic E-state index is 0.0963. The molecular weight excluding hydrogens is 535 g/mol. The summed E-state index contributed by atoms with van der Waals surface area (Å²) in [6.07, 6.45) is 2.97. The Balaban J connectivity index is 1.48. The largest absolute Gasteiger partial charge is 0.355 e. The Hall–Kier alpha value is -3.68. The fourth-order valence-corrected chi connectivity index (χ4v) is 6.86. The summed E-state index contributed by atoms with van der Waals surface area (Å²) in [6.45, 7) is 4.22. The molecule has 0 saturated carbocycles. The number of nitrogens with zero attached hydrogens (tertiary/aromatic N) is 6. The van der Waals surface area contributed by atoms with Crippen molar-refractivity contribution in [1.82, 2.24) is 29.1 Å². The van der Waals surface area contributed by atoms with Crippen LogP contribution >= 0.6 is 0 Å². The van der Waals surface area contributed by atoms with Gasteiger partial charge in [-0.05, 0) is 60.4 Å². The van der Waals surface area contributed by atoms with Crippen molar-refractivity contribution in [3.05, 3.63) is 65.1 Å². The molecule has 2 aliphatic heterocycles. The van der Waals surface area contributed by atoms with E-state index in [-0.39, 0.29) is 41.8 Å². The lowest BCUT2D eigenvalue weighted by molar-refractivity contribution is -0.126. The SMILES string of the molecule is Cc1cc(Nc2ccc(F)cc2)c(C=N)cc1[C@@H]1CN(S(=O)(=O)c2cnn(C)n2)CCN1CC1CC(=O)N(C)C1. The van der Waals surface area contributed by atoms with Crippen LogP contribution < -0.4 is 5.32 Å². The number of hydrogen-bond donors (Lipinski definition) is 2. The molecule has 40 heavy (non-hydrogen) atoms. The zero-order valence-electron chi connectivity index (χ0n) is 22.7. The van der Waals surface area contributed by atoms with Gasteiger partial charge in [0.05, 0.1) is 6.20 Å². The lowest BCUT2D eigenvalue weighted by Crippen LogP contribution is -2.51. The number of benzene rings is 2. The Morgan fingerprint density at radius 1 is 1.15 bits per heavy atom. The van der Waals surface area contributed by atoms with Crippen LogP contribution in [0.25, 0.3) is 0 Å². The Morgan fingerprint density at radius 2 is 1.90 bits per heavy atom. The zero-order valence-corrected chi connectivity index (χ0v) is 23.5. The first kappa shape index (κ1) is 27.9. The van der Waals surface area contributed by atoms with Gasteiger partial charge in [-0.15, -0.1) is 5.10 Å². The van der Waals surface area contributed by atoms with Crippen molar-refractivity contribution < 1.29 is 17.6 Å². The molecular formula is C27H33FN8O3S. The molecule has 2 fully saturated rings. The first-order chi connectivity index (χ1) is 19.0. The van der Waals surface area contributed by atoms with Crippen molar-refractivity contribution in [2.24, 2.45) is 13.0 Å². The number of piperazine rings is 1. The maximum Gasteiger partial charge on any atom is 0.264 e. The summed E-state index contributed by atoms with van der Waals surface area (Å²) in [5.74, 6) is -0.0770. The summed E-state index contributed by atoms with van der Waals surface area (Å²) >= 11 is 0. The molecule has 0 spiro atoms. The van der Waals surface area contributed by atoms with E-state index in [2.05, 4.69) is 20.4 Å². The van der Waals surface area contributed by atoms with Crippen LogP contribution in [0.2, 0.25) is 0 Å². The van der Waals surface area contributed by atoms with Crippen molar-refractivity contribution >= 4 is 33.5 Å². The van der Waals surface area contributed by atoms with Gasteiger partial charge in [0.1, 0.15) is 5.82 Å². The van der Waals surface area contributed by atoms with Crippen LogP contribution in [-0.2, 0) is 21.9 Å². The van der Waals surface area contributed by atoms with E-state index in [0.717, 1.165) is 11.1 Å². The molecule has 2 atom stereocenters. The number of aryl methyl sites for hydroxylation is 2. The second-order valence-corrected chi connectivity index (χ2v) is 12.3. The predicted octanol–water partition coefficient (Wildman–Crippen LogP) is 2.53. The number of anilines is 2. The van der Waals surface area contributed by atoms with E-state index in [4.69, 9.17) is 5.41 Å². The first-order valence-corrected chi connectivity index (χ1v) is 14.5. The Morgan fingerprint density at radius 3 is 2.52 bits per heavy atom. The highest BCUT2D eigenvalue weighted by atomic mass is 32.2. The smallest absolute Gasteiger partial charge is 0.264 e. The van der Waals surface area contributed by atoms with E-state index < -0.39 is 10.0 Å². The third kappa shape index (κ3) is 5.62. The highest BCUT2D eigenvalue weighted by Gasteiger charge is 2.39. The lowest BCUT2D eigenvalue weighted by atomic mass is 9.94. The number of aromatic nitrogens is 3. The number of carbonyl (C=O) groups excluding carboxylic acids is 1. The fraction of sp³-hybridized carbons (Fsp3) is 0.407. The van der Waals surface area contributed by atoms with Gasteiger partial charge in [-0.1, -0.05) is 0 Å². The molecule has 2 aromatic carbocycles. The van der Waals surface area contributed by atoms with Crippen molar-refractivity contribution in [2.45, 2.75) is 24.4 Å². The lowest BCUT2D eigenvalue weighted by Gasteiger charge is -2.42. The van der Waals surface area contributed by atoms with Gasteiger partial charge >= 0.3 is 0 Å². The second kappa shape index (κ2) is 11.1. The van der Waals surface area contributed by atoms with Gasteiger partial charge in [-0.3, -0.25) is 9.69 Å². The highest BCUT2D eigenvalue weighted by Crippen LogP contribution is 2.35. The maximum absolute atomic E-state index is 13.5. The van der Waals surface area contributed by atoms with Crippen LogP contribution in [0.15, 0.2) is 47.6 Å². The topological polar surface area (TPSA) is 128 Å². The third-order valence-corrected chi connectivity index (χ3v) is 9.35. The standard InChI is InChI=1S/C27H33FN8O3S/c1-18-10-24(31-22-6-4-21(28)5-7-22)20(13-29)12-23(18)25-17-36(40(38,39)26-14-30-34(3)32-26)9-8-35(25)16-19-11-27(37)33(2)15-19/h4-7,10,12-14,19,25,29,31H,8-9,11,15-17H2,1-3H3/t19?,25-/m0/s1. The number of halogens is 1. The van der Waals surface area contributed by atoms with Gasteiger partial charge in [-0.2, -0.15) is 14.2 Å².